The Hall–Kier alpha value is -1.40. The van der Waals surface area contributed by atoms with Crippen LogP contribution in [0.5, 0.6) is 0 Å². The number of rotatable bonds is 5. The lowest BCUT2D eigenvalue weighted by molar-refractivity contribution is -0.133. The summed E-state index contributed by atoms with van der Waals surface area (Å²) in [5, 5.41) is 0. The molecule has 4 rings (SSSR count). The molecule has 5 nitrogen and oxygen atoms in total. The third kappa shape index (κ3) is 4.60. The van der Waals surface area contributed by atoms with Crippen LogP contribution in [0.4, 0.5) is 0 Å². The van der Waals surface area contributed by atoms with Gasteiger partial charge in [0.25, 0.3) is 0 Å². The van der Waals surface area contributed by atoms with Crippen molar-refractivity contribution in [1.29, 1.82) is 0 Å². The average Bonchev–Trinajstić information content (AvgIpc) is 3.48. The minimum Gasteiger partial charge on any atom is -0.341 e. The minimum atomic E-state index is -3.24. The zero-order chi connectivity index (χ0) is 19.7. The quantitative estimate of drug-likeness (QED) is 0.818. The maximum absolute atomic E-state index is 13.1. The number of carbonyl (C=O) groups excluding carboxylic acids is 1. The first kappa shape index (κ1) is 19.9. The fraction of sp³-hybridized carbons (Fsp3) is 0.682. The maximum Gasteiger partial charge on any atom is 0.226 e. The fourth-order valence-electron chi connectivity index (χ4n) is 5.26. The van der Waals surface area contributed by atoms with Gasteiger partial charge in [-0.15, -0.1) is 0 Å². The number of hydrogen-bond acceptors (Lipinski definition) is 3. The average molecular weight is 405 g/mol. The summed E-state index contributed by atoms with van der Waals surface area (Å²) in [5.74, 6) is 1.28. The van der Waals surface area contributed by atoms with Gasteiger partial charge in [0, 0.05) is 25.0 Å². The van der Waals surface area contributed by atoms with Gasteiger partial charge < -0.3 is 4.90 Å². The third-order valence-electron chi connectivity index (χ3n) is 6.66. The number of nitrogens with zero attached hydrogens (tertiary/aromatic N) is 1. The summed E-state index contributed by atoms with van der Waals surface area (Å²) >= 11 is 0. The summed E-state index contributed by atoms with van der Waals surface area (Å²) in [4.78, 5) is 15.0. The Morgan fingerprint density at radius 3 is 2.46 bits per heavy atom. The van der Waals surface area contributed by atoms with E-state index in [1.807, 2.05) is 4.90 Å². The van der Waals surface area contributed by atoms with Crippen molar-refractivity contribution < 1.29 is 13.2 Å². The molecule has 3 fully saturated rings. The molecule has 1 amide bonds. The monoisotopic (exact) mass is 404 g/mol. The van der Waals surface area contributed by atoms with Gasteiger partial charge in [0.05, 0.1) is 6.26 Å². The van der Waals surface area contributed by atoms with Crippen molar-refractivity contribution in [3.63, 3.8) is 0 Å². The van der Waals surface area contributed by atoms with E-state index in [4.69, 9.17) is 0 Å². The van der Waals surface area contributed by atoms with Crippen molar-refractivity contribution in [3.05, 3.63) is 35.4 Å². The van der Waals surface area contributed by atoms with Crippen LogP contribution in [0.3, 0.4) is 0 Å². The van der Waals surface area contributed by atoms with Crippen LogP contribution < -0.4 is 4.72 Å². The Labute approximate surface area is 168 Å². The SMILES string of the molecule is CS(=O)(=O)N[C@@H]1CCCN(C(=O)[C@@H]2C[C@H]2c2ccccc2C2CCCCC2)C1. The van der Waals surface area contributed by atoms with E-state index in [0.717, 1.165) is 25.8 Å². The Morgan fingerprint density at radius 2 is 1.75 bits per heavy atom. The summed E-state index contributed by atoms with van der Waals surface area (Å²) in [5.41, 5.74) is 2.85. The van der Waals surface area contributed by atoms with Crippen LogP contribution in [0.15, 0.2) is 24.3 Å². The van der Waals surface area contributed by atoms with Crippen LogP contribution in [-0.4, -0.2) is 44.6 Å². The van der Waals surface area contributed by atoms with E-state index in [-0.39, 0.29) is 17.9 Å². The first-order valence-electron chi connectivity index (χ1n) is 10.8. The Bertz CT molecular complexity index is 817. The molecule has 3 aliphatic rings. The van der Waals surface area contributed by atoms with Crippen LogP contribution in [0.25, 0.3) is 0 Å². The van der Waals surface area contributed by atoms with Gasteiger partial charge in [-0.2, -0.15) is 0 Å². The summed E-state index contributed by atoms with van der Waals surface area (Å²) in [6.07, 6.45) is 10.3. The molecular formula is C22H32N2O3S. The molecule has 1 saturated heterocycles. The molecule has 1 N–H and O–H groups in total. The first-order chi connectivity index (χ1) is 13.4. The molecule has 154 valence electrons. The zero-order valence-corrected chi connectivity index (χ0v) is 17.6. The highest BCUT2D eigenvalue weighted by Crippen LogP contribution is 2.51. The van der Waals surface area contributed by atoms with Gasteiger partial charge in [0.15, 0.2) is 0 Å². The van der Waals surface area contributed by atoms with Crippen LogP contribution in [0.1, 0.15) is 74.3 Å². The van der Waals surface area contributed by atoms with Gasteiger partial charge in [-0.25, -0.2) is 13.1 Å². The normalized spacial score (nSPS) is 28.9. The van der Waals surface area contributed by atoms with E-state index in [2.05, 4.69) is 29.0 Å². The molecule has 0 unspecified atom stereocenters. The van der Waals surface area contributed by atoms with E-state index in [0.29, 0.717) is 18.4 Å². The molecule has 1 aromatic carbocycles. The second-order valence-corrected chi connectivity index (χ2v) is 10.7. The lowest BCUT2D eigenvalue weighted by atomic mass is 9.81. The minimum absolute atomic E-state index is 0.0710. The molecule has 6 heteroatoms. The molecule has 1 aromatic rings. The van der Waals surface area contributed by atoms with E-state index >= 15 is 0 Å². The number of sulfonamides is 1. The first-order valence-corrected chi connectivity index (χ1v) is 12.7. The highest BCUT2D eigenvalue weighted by Gasteiger charge is 2.47. The van der Waals surface area contributed by atoms with Crippen molar-refractivity contribution in [2.75, 3.05) is 19.3 Å². The molecular weight excluding hydrogens is 372 g/mol. The summed E-state index contributed by atoms with van der Waals surface area (Å²) < 4.78 is 25.7. The molecule has 1 heterocycles. The summed E-state index contributed by atoms with van der Waals surface area (Å²) in [6.45, 7) is 1.24. The number of nitrogens with one attached hydrogen (secondary N) is 1. The topological polar surface area (TPSA) is 66.5 Å². The Kier molecular flexibility index (Phi) is 5.79. The second kappa shape index (κ2) is 8.15. The van der Waals surface area contributed by atoms with E-state index in [9.17, 15) is 13.2 Å². The largest absolute Gasteiger partial charge is 0.341 e. The van der Waals surface area contributed by atoms with E-state index < -0.39 is 10.0 Å². The predicted molar refractivity (Wildman–Crippen MR) is 111 cm³/mol. The highest BCUT2D eigenvalue weighted by molar-refractivity contribution is 7.88. The van der Waals surface area contributed by atoms with Crippen molar-refractivity contribution in [2.45, 2.75) is 69.2 Å². The lowest BCUT2D eigenvalue weighted by Crippen LogP contribution is -2.49. The van der Waals surface area contributed by atoms with Crippen molar-refractivity contribution in [3.8, 4) is 0 Å². The number of amides is 1. The Morgan fingerprint density at radius 1 is 1.04 bits per heavy atom. The van der Waals surface area contributed by atoms with Gasteiger partial charge in [-0.3, -0.25) is 4.79 Å². The van der Waals surface area contributed by atoms with Gasteiger partial charge >= 0.3 is 0 Å². The van der Waals surface area contributed by atoms with Gasteiger partial charge in [-0.05, 0) is 55.1 Å². The molecule has 1 aliphatic heterocycles. The van der Waals surface area contributed by atoms with Crippen LogP contribution >= 0.6 is 0 Å². The number of piperidine rings is 1. The summed E-state index contributed by atoms with van der Waals surface area (Å²) in [7, 11) is -3.24. The molecule has 2 saturated carbocycles. The number of hydrogen-bond donors (Lipinski definition) is 1. The molecule has 3 atom stereocenters. The van der Waals surface area contributed by atoms with Gasteiger partial charge in [0.2, 0.25) is 15.9 Å². The molecule has 2 aliphatic carbocycles. The molecule has 0 aromatic heterocycles. The van der Waals surface area contributed by atoms with Crippen molar-refractivity contribution in [1.82, 2.24) is 9.62 Å². The second-order valence-electron chi connectivity index (χ2n) is 8.93. The molecule has 0 spiro atoms. The zero-order valence-electron chi connectivity index (χ0n) is 16.8. The smallest absolute Gasteiger partial charge is 0.226 e. The van der Waals surface area contributed by atoms with Gasteiger partial charge in [0.1, 0.15) is 0 Å². The van der Waals surface area contributed by atoms with E-state index in [1.165, 1.54) is 49.5 Å². The van der Waals surface area contributed by atoms with Crippen molar-refractivity contribution in [2.24, 2.45) is 5.92 Å². The number of benzene rings is 1. The van der Waals surface area contributed by atoms with Crippen LogP contribution in [0, 0.1) is 5.92 Å². The number of likely N-dealkylation sites (tertiary alicyclic amines) is 1. The summed E-state index contributed by atoms with van der Waals surface area (Å²) in [6, 6.07) is 8.59. The Balaban J connectivity index is 1.42. The maximum atomic E-state index is 13.1. The predicted octanol–water partition coefficient (Wildman–Crippen LogP) is 3.38. The number of carbonyl (C=O) groups is 1. The standard InChI is InChI=1S/C22H32N2O3S/c1-28(26,27)23-17-10-7-13-24(15-17)22(25)21-14-20(21)19-12-6-5-11-18(19)16-8-3-2-4-9-16/h5-6,11-12,16-17,20-21,23H,2-4,7-10,13-15H2,1H3/t17-,20+,21-/m1/s1. The fourth-order valence-corrected chi connectivity index (χ4v) is 6.05. The third-order valence-corrected chi connectivity index (χ3v) is 7.42. The molecule has 0 radical (unpaired) electrons. The van der Waals surface area contributed by atoms with Crippen LogP contribution in [0.2, 0.25) is 0 Å². The van der Waals surface area contributed by atoms with Crippen LogP contribution in [-0.2, 0) is 14.8 Å². The molecule has 0 bridgehead atoms. The van der Waals surface area contributed by atoms with Gasteiger partial charge in [-0.1, -0.05) is 43.5 Å². The van der Waals surface area contributed by atoms with E-state index in [1.54, 1.807) is 0 Å². The van der Waals surface area contributed by atoms with Crippen molar-refractivity contribution >= 4 is 15.9 Å². The molecule has 28 heavy (non-hydrogen) atoms. The lowest BCUT2D eigenvalue weighted by Gasteiger charge is -2.33. The highest BCUT2D eigenvalue weighted by atomic mass is 32.2.